The molecule has 5 nitrogen and oxygen atoms in total. The van der Waals surface area contributed by atoms with Gasteiger partial charge in [-0.15, -0.1) is 0 Å². The number of nitro groups is 1. The third-order valence-corrected chi connectivity index (χ3v) is 3.46. The average Bonchev–Trinajstić information content (AvgIpc) is 2.50. The number of nitro benzene ring substituents is 1. The number of amides is 1. The molecule has 2 aromatic rings. The van der Waals surface area contributed by atoms with E-state index in [4.69, 9.17) is 11.6 Å². The van der Waals surface area contributed by atoms with Crippen molar-refractivity contribution in [1.82, 2.24) is 4.90 Å². The van der Waals surface area contributed by atoms with Crippen LogP contribution in [0.25, 0.3) is 0 Å². The van der Waals surface area contributed by atoms with Crippen LogP contribution in [-0.2, 0) is 6.54 Å². The quantitative estimate of drug-likeness (QED) is 0.637. The van der Waals surface area contributed by atoms with Crippen molar-refractivity contribution < 1.29 is 14.1 Å². The second-order valence-electron chi connectivity index (χ2n) is 4.67. The van der Waals surface area contributed by atoms with Crippen LogP contribution in [0.4, 0.5) is 10.1 Å². The maximum Gasteiger partial charge on any atom is 0.270 e. The Kier molecular flexibility index (Phi) is 4.72. The summed E-state index contributed by atoms with van der Waals surface area (Å²) in [6, 6.07) is 9.64. The first kappa shape index (κ1) is 15.9. The number of rotatable bonds is 4. The molecule has 1 amide bonds. The summed E-state index contributed by atoms with van der Waals surface area (Å²) in [5.74, 6) is -0.964. The first-order chi connectivity index (χ1) is 10.4. The minimum absolute atomic E-state index is 0.0347. The van der Waals surface area contributed by atoms with Crippen LogP contribution >= 0.6 is 11.6 Å². The molecular formula is C15H12ClFN2O3. The fourth-order valence-electron chi connectivity index (χ4n) is 1.97. The number of hydrogen-bond acceptors (Lipinski definition) is 3. The Labute approximate surface area is 131 Å². The van der Waals surface area contributed by atoms with E-state index in [2.05, 4.69) is 0 Å². The molecule has 0 aliphatic heterocycles. The van der Waals surface area contributed by atoms with Crippen molar-refractivity contribution in [1.29, 1.82) is 0 Å². The summed E-state index contributed by atoms with van der Waals surface area (Å²) >= 11 is 5.92. The van der Waals surface area contributed by atoms with Crippen molar-refractivity contribution in [2.24, 2.45) is 0 Å². The predicted molar refractivity (Wildman–Crippen MR) is 80.3 cm³/mol. The molecule has 0 aromatic heterocycles. The SMILES string of the molecule is CN(Cc1c(F)cccc1Cl)C(=O)c1cccc([N+](=O)[O-])c1. The molecular weight excluding hydrogens is 311 g/mol. The zero-order chi connectivity index (χ0) is 16.3. The fourth-order valence-corrected chi connectivity index (χ4v) is 2.19. The highest BCUT2D eigenvalue weighted by Gasteiger charge is 2.17. The van der Waals surface area contributed by atoms with E-state index in [0.717, 1.165) is 0 Å². The summed E-state index contributed by atoms with van der Waals surface area (Å²) in [5, 5.41) is 11.0. The summed E-state index contributed by atoms with van der Waals surface area (Å²) < 4.78 is 13.7. The molecule has 0 atom stereocenters. The van der Waals surface area contributed by atoms with Gasteiger partial charge in [0.15, 0.2) is 0 Å². The highest BCUT2D eigenvalue weighted by Crippen LogP contribution is 2.21. The molecule has 0 saturated carbocycles. The van der Waals surface area contributed by atoms with E-state index >= 15 is 0 Å². The van der Waals surface area contributed by atoms with Crippen molar-refractivity contribution in [3.8, 4) is 0 Å². The minimum Gasteiger partial charge on any atom is -0.337 e. The van der Waals surface area contributed by atoms with Crippen LogP contribution < -0.4 is 0 Å². The maximum absolute atomic E-state index is 13.7. The van der Waals surface area contributed by atoms with Crippen LogP contribution in [0, 0.1) is 15.9 Å². The van der Waals surface area contributed by atoms with Crippen LogP contribution in [0.5, 0.6) is 0 Å². The van der Waals surface area contributed by atoms with Crippen LogP contribution in [0.1, 0.15) is 15.9 Å². The van der Waals surface area contributed by atoms with E-state index in [1.807, 2.05) is 0 Å². The molecule has 0 aliphatic carbocycles. The van der Waals surface area contributed by atoms with Crippen molar-refractivity contribution >= 4 is 23.2 Å². The molecule has 0 radical (unpaired) electrons. The molecule has 22 heavy (non-hydrogen) atoms. The van der Waals surface area contributed by atoms with Crippen molar-refractivity contribution in [2.45, 2.75) is 6.54 Å². The van der Waals surface area contributed by atoms with Gasteiger partial charge in [0.25, 0.3) is 11.6 Å². The Morgan fingerprint density at radius 1 is 1.32 bits per heavy atom. The van der Waals surface area contributed by atoms with Gasteiger partial charge in [0.2, 0.25) is 0 Å². The van der Waals surface area contributed by atoms with Crippen LogP contribution in [-0.4, -0.2) is 22.8 Å². The van der Waals surface area contributed by atoms with E-state index in [0.29, 0.717) is 0 Å². The number of benzene rings is 2. The topological polar surface area (TPSA) is 63.5 Å². The van der Waals surface area contributed by atoms with Gasteiger partial charge in [0, 0.05) is 41.9 Å². The van der Waals surface area contributed by atoms with Gasteiger partial charge in [0.1, 0.15) is 5.82 Å². The van der Waals surface area contributed by atoms with Gasteiger partial charge in [-0.25, -0.2) is 4.39 Å². The number of carbonyl (C=O) groups excluding carboxylic acids is 1. The molecule has 0 fully saturated rings. The molecule has 0 saturated heterocycles. The lowest BCUT2D eigenvalue weighted by Crippen LogP contribution is -2.26. The van der Waals surface area contributed by atoms with E-state index in [-0.39, 0.29) is 28.4 Å². The zero-order valence-electron chi connectivity index (χ0n) is 11.6. The maximum atomic E-state index is 13.7. The second kappa shape index (κ2) is 6.53. The van der Waals surface area contributed by atoms with Crippen LogP contribution in [0.15, 0.2) is 42.5 Å². The Morgan fingerprint density at radius 2 is 2.00 bits per heavy atom. The van der Waals surface area contributed by atoms with E-state index in [1.165, 1.54) is 54.4 Å². The number of non-ortho nitro benzene ring substituents is 1. The Balaban J connectivity index is 2.22. The Bertz CT molecular complexity index is 716. The van der Waals surface area contributed by atoms with Gasteiger partial charge < -0.3 is 4.90 Å². The summed E-state index contributed by atoms with van der Waals surface area (Å²) in [6.45, 7) is -0.0347. The Morgan fingerprint density at radius 3 is 2.64 bits per heavy atom. The fraction of sp³-hybridized carbons (Fsp3) is 0.133. The van der Waals surface area contributed by atoms with Gasteiger partial charge >= 0.3 is 0 Å². The minimum atomic E-state index is -0.579. The van der Waals surface area contributed by atoms with Gasteiger partial charge in [-0.3, -0.25) is 14.9 Å². The molecule has 0 spiro atoms. The molecule has 0 heterocycles. The van der Waals surface area contributed by atoms with Gasteiger partial charge in [-0.2, -0.15) is 0 Å². The van der Waals surface area contributed by atoms with Crippen LogP contribution in [0.3, 0.4) is 0 Å². The number of halogens is 2. The van der Waals surface area contributed by atoms with Crippen molar-refractivity contribution in [2.75, 3.05) is 7.05 Å². The predicted octanol–water partition coefficient (Wildman–Crippen LogP) is 3.66. The molecule has 2 aromatic carbocycles. The molecule has 0 unspecified atom stereocenters. The average molecular weight is 323 g/mol. The van der Waals surface area contributed by atoms with Crippen molar-refractivity contribution in [3.05, 3.63) is 74.5 Å². The monoisotopic (exact) mass is 322 g/mol. The molecule has 114 valence electrons. The summed E-state index contributed by atoms with van der Waals surface area (Å²) in [6.07, 6.45) is 0. The number of carbonyl (C=O) groups is 1. The molecule has 0 N–H and O–H groups in total. The van der Waals surface area contributed by atoms with Crippen LogP contribution in [0.2, 0.25) is 5.02 Å². The molecule has 0 bridgehead atoms. The third-order valence-electron chi connectivity index (χ3n) is 3.11. The lowest BCUT2D eigenvalue weighted by molar-refractivity contribution is -0.384. The molecule has 7 heteroatoms. The van der Waals surface area contributed by atoms with Gasteiger partial charge in [-0.05, 0) is 18.2 Å². The van der Waals surface area contributed by atoms with Crippen molar-refractivity contribution in [3.63, 3.8) is 0 Å². The summed E-state index contributed by atoms with van der Waals surface area (Å²) in [5.41, 5.74) is 0.179. The van der Waals surface area contributed by atoms with E-state index in [1.54, 1.807) is 0 Å². The smallest absolute Gasteiger partial charge is 0.270 e. The standard InChI is InChI=1S/C15H12ClFN2O3/c1-18(9-12-13(16)6-3-7-14(12)17)15(20)10-4-2-5-11(8-10)19(21)22/h2-8H,9H2,1H3. The molecule has 0 aliphatic rings. The molecule has 2 rings (SSSR count). The summed E-state index contributed by atoms with van der Waals surface area (Å²) in [7, 11) is 1.48. The lowest BCUT2D eigenvalue weighted by atomic mass is 10.1. The second-order valence-corrected chi connectivity index (χ2v) is 5.08. The number of nitrogens with zero attached hydrogens (tertiary/aromatic N) is 2. The van der Waals surface area contributed by atoms with E-state index in [9.17, 15) is 19.3 Å². The largest absolute Gasteiger partial charge is 0.337 e. The zero-order valence-corrected chi connectivity index (χ0v) is 12.4. The Hall–Kier alpha value is -2.47. The third kappa shape index (κ3) is 3.40. The normalized spacial score (nSPS) is 10.3. The summed E-state index contributed by atoms with van der Waals surface area (Å²) in [4.78, 5) is 23.7. The lowest BCUT2D eigenvalue weighted by Gasteiger charge is -2.18. The highest BCUT2D eigenvalue weighted by molar-refractivity contribution is 6.31. The van der Waals surface area contributed by atoms with E-state index < -0.39 is 16.6 Å². The highest BCUT2D eigenvalue weighted by atomic mass is 35.5. The number of hydrogen-bond donors (Lipinski definition) is 0. The first-order valence-electron chi connectivity index (χ1n) is 6.33. The van der Waals surface area contributed by atoms with Gasteiger partial charge in [0.05, 0.1) is 4.92 Å². The first-order valence-corrected chi connectivity index (χ1v) is 6.70. The van der Waals surface area contributed by atoms with Gasteiger partial charge in [-0.1, -0.05) is 23.7 Å².